The number of hydrogen-bond acceptors (Lipinski definition) is 3. The molecular formula is C13H17Br2ClN4. The predicted molar refractivity (Wildman–Crippen MR) is 93.0 cm³/mol. The molecule has 0 unspecified atom stereocenters. The van der Waals surface area contributed by atoms with Gasteiger partial charge in [0.15, 0.2) is 0 Å². The van der Waals surface area contributed by atoms with Gasteiger partial charge in [-0.3, -0.25) is 0 Å². The molecule has 20 heavy (non-hydrogen) atoms. The minimum absolute atomic E-state index is 0. The van der Waals surface area contributed by atoms with Crippen LogP contribution in [0.5, 0.6) is 0 Å². The van der Waals surface area contributed by atoms with E-state index >= 15 is 0 Å². The van der Waals surface area contributed by atoms with Crippen molar-refractivity contribution in [2.24, 2.45) is 5.73 Å². The lowest BCUT2D eigenvalue weighted by Gasteiger charge is -2.19. The third-order valence-corrected chi connectivity index (χ3v) is 6.03. The van der Waals surface area contributed by atoms with Gasteiger partial charge in [0.05, 0.1) is 11.0 Å². The van der Waals surface area contributed by atoms with Gasteiger partial charge in [0.1, 0.15) is 0 Å². The molecule has 0 aliphatic carbocycles. The fourth-order valence-electron chi connectivity index (χ4n) is 2.70. The van der Waals surface area contributed by atoms with Gasteiger partial charge in [-0.25, -0.2) is 4.98 Å². The fourth-order valence-corrected chi connectivity index (χ4v) is 3.81. The van der Waals surface area contributed by atoms with Crippen molar-refractivity contribution in [2.45, 2.75) is 26.3 Å². The molecule has 1 aromatic carbocycles. The highest BCUT2D eigenvalue weighted by Gasteiger charge is 2.23. The largest absolute Gasteiger partial charge is 0.354 e. The van der Waals surface area contributed by atoms with E-state index in [0.29, 0.717) is 6.54 Å². The van der Waals surface area contributed by atoms with E-state index in [-0.39, 0.29) is 12.4 Å². The quantitative estimate of drug-likeness (QED) is 0.792. The van der Waals surface area contributed by atoms with Crippen LogP contribution in [0.25, 0.3) is 11.0 Å². The van der Waals surface area contributed by atoms with E-state index in [0.717, 1.165) is 41.9 Å². The summed E-state index contributed by atoms with van der Waals surface area (Å²) >= 11 is 7.38. The number of imidazole rings is 1. The molecule has 7 heteroatoms. The smallest absolute Gasteiger partial charge is 0.203 e. The number of halogens is 3. The van der Waals surface area contributed by atoms with Gasteiger partial charge in [-0.1, -0.05) is 0 Å². The molecule has 0 bridgehead atoms. The maximum Gasteiger partial charge on any atom is 0.203 e. The molecule has 0 radical (unpaired) electrons. The summed E-state index contributed by atoms with van der Waals surface area (Å²) in [5.74, 6) is 0.939. The molecule has 0 fully saturated rings. The highest BCUT2D eigenvalue weighted by atomic mass is 79.9. The molecule has 0 spiro atoms. The van der Waals surface area contributed by atoms with Crippen molar-refractivity contribution in [3.05, 3.63) is 20.1 Å². The van der Waals surface area contributed by atoms with Crippen LogP contribution >= 0.6 is 44.3 Å². The number of nitrogens with one attached hydrogen (secondary N) is 1. The van der Waals surface area contributed by atoms with Crippen molar-refractivity contribution >= 4 is 61.2 Å². The zero-order valence-corrected chi connectivity index (χ0v) is 15.2. The van der Waals surface area contributed by atoms with Gasteiger partial charge < -0.3 is 15.6 Å². The number of rotatable bonds is 3. The number of aromatic nitrogens is 2. The minimum Gasteiger partial charge on any atom is -0.354 e. The SMILES string of the molecule is Cc1c(Br)c(Br)c2c3c1nc(NCCN)n3CCC2.Cl. The first-order chi connectivity index (χ1) is 9.15. The molecule has 4 nitrogen and oxygen atoms in total. The zero-order valence-electron chi connectivity index (χ0n) is 11.2. The lowest BCUT2D eigenvalue weighted by molar-refractivity contribution is 0.634. The van der Waals surface area contributed by atoms with Gasteiger partial charge in [0, 0.05) is 28.6 Å². The Bertz CT molecular complexity index is 654. The van der Waals surface area contributed by atoms with Crippen molar-refractivity contribution < 1.29 is 0 Å². The van der Waals surface area contributed by atoms with Gasteiger partial charge in [0.2, 0.25) is 5.95 Å². The third kappa shape index (κ3) is 2.36. The van der Waals surface area contributed by atoms with E-state index in [1.807, 2.05) is 0 Å². The Morgan fingerprint density at radius 3 is 2.80 bits per heavy atom. The maximum atomic E-state index is 5.57. The second-order valence-electron chi connectivity index (χ2n) is 4.83. The molecule has 3 rings (SSSR count). The average Bonchev–Trinajstić information content (AvgIpc) is 2.80. The summed E-state index contributed by atoms with van der Waals surface area (Å²) in [6.45, 7) is 4.49. The number of nitrogens with zero attached hydrogens (tertiary/aromatic N) is 2. The first-order valence-corrected chi connectivity index (χ1v) is 8.04. The van der Waals surface area contributed by atoms with Crippen LogP contribution in [-0.2, 0) is 13.0 Å². The van der Waals surface area contributed by atoms with Gasteiger partial charge in [-0.15, -0.1) is 12.4 Å². The van der Waals surface area contributed by atoms with Gasteiger partial charge >= 0.3 is 0 Å². The summed E-state index contributed by atoms with van der Waals surface area (Å²) in [6.07, 6.45) is 2.24. The van der Waals surface area contributed by atoms with Crippen LogP contribution in [0.1, 0.15) is 17.5 Å². The summed E-state index contributed by atoms with van der Waals surface area (Å²) in [5, 5.41) is 3.33. The molecule has 2 aromatic rings. The highest BCUT2D eigenvalue weighted by molar-refractivity contribution is 9.13. The van der Waals surface area contributed by atoms with Crippen LogP contribution in [0.15, 0.2) is 8.95 Å². The van der Waals surface area contributed by atoms with Gasteiger partial charge in [0.25, 0.3) is 0 Å². The first kappa shape index (κ1) is 16.1. The van der Waals surface area contributed by atoms with Crippen LogP contribution in [-0.4, -0.2) is 22.6 Å². The summed E-state index contributed by atoms with van der Waals surface area (Å²) in [7, 11) is 0. The zero-order chi connectivity index (χ0) is 13.6. The van der Waals surface area contributed by atoms with Crippen molar-refractivity contribution in [3.63, 3.8) is 0 Å². The highest BCUT2D eigenvalue weighted by Crippen LogP contribution is 2.40. The summed E-state index contributed by atoms with van der Waals surface area (Å²) in [5.41, 5.74) is 10.5. The lowest BCUT2D eigenvalue weighted by atomic mass is 10.0. The van der Waals surface area contributed by atoms with E-state index in [4.69, 9.17) is 10.7 Å². The second kappa shape index (κ2) is 6.22. The van der Waals surface area contributed by atoms with Crippen LogP contribution in [0.3, 0.4) is 0 Å². The molecule has 110 valence electrons. The Balaban J connectivity index is 0.00000147. The number of aryl methyl sites for hydroxylation is 3. The number of nitrogens with two attached hydrogens (primary N) is 1. The Morgan fingerprint density at radius 2 is 2.10 bits per heavy atom. The Kier molecular flexibility index (Phi) is 5.00. The Hall–Kier alpha value is -0.300. The van der Waals surface area contributed by atoms with E-state index in [1.54, 1.807) is 0 Å². The molecule has 0 atom stereocenters. The standard InChI is InChI=1S/C13H16Br2N4.ClH/c1-7-9(14)10(15)8-3-2-6-19-12(8)11(7)18-13(19)17-5-4-16;/h2-6,16H2,1H3,(H,17,18);1H. The normalized spacial score (nSPS) is 13.4. The van der Waals surface area contributed by atoms with Gasteiger partial charge in [-0.05, 0) is 62.8 Å². The Labute approximate surface area is 141 Å². The third-order valence-electron chi connectivity index (χ3n) is 3.63. The van der Waals surface area contributed by atoms with Crippen LogP contribution < -0.4 is 11.1 Å². The van der Waals surface area contributed by atoms with E-state index in [2.05, 4.69) is 48.7 Å². The van der Waals surface area contributed by atoms with Crippen molar-refractivity contribution in [2.75, 3.05) is 18.4 Å². The molecule has 2 heterocycles. The predicted octanol–water partition coefficient (Wildman–Crippen LogP) is 3.61. The summed E-state index contributed by atoms with van der Waals surface area (Å²) < 4.78 is 4.57. The van der Waals surface area contributed by atoms with E-state index in [9.17, 15) is 0 Å². The van der Waals surface area contributed by atoms with Crippen molar-refractivity contribution in [1.29, 1.82) is 0 Å². The van der Waals surface area contributed by atoms with Crippen LogP contribution in [0, 0.1) is 6.92 Å². The molecule has 0 amide bonds. The number of hydrogen-bond donors (Lipinski definition) is 2. The fraction of sp³-hybridized carbons (Fsp3) is 0.462. The minimum atomic E-state index is 0. The second-order valence-corrected chi connectivity index (χ2v) is 6.42. The van der Waals surface area contributed by atoms with Crippen LogP contribution in [0.4, 0.5) is 5.95 Å². The van der Waals surface area contributed by atoms with Crippen LogP contribution in [0.2, 0.25) is 0 Å². The molecule has 1 aromatic heterocycles. The molecule has 3 N–H and O–H groups in total. The molecule has 1 aliphatic heterocycles. The summed E-state index contributed by atoms with van der Waals surface area (Å²) in [6, 6.07) is 0. The molecule has 1 aliphatic rings. The average molecular weight is 425 g/mol. The topological polar surface area (TPSA) is 55.9 Å². The van der Waals surface area contributed by atoms with E-state index in [1.165, 1.54) is 21.1 Å². The van der Waals surface area contributed by atoms with Crippen molar-refractivity contribution in [1.82, 2.24) is 9.55 Å². The lowest BCUT2D eigenvalue weighted by Crippen LogP contribution is -2.17. The molecule has 0 saturated carbocycles. The first-order valence-electron chi connectivity index (χ1n) is 6.45. The molecular weight excluding hydrogens is 407 g/mol. The van der Waals surface area contributed by atoms with Gasteiger partial charge in [-0.2, -0.15) is 0 Å². The Morgan fingerprint density at radius 1 is 1.35 bits per heavy atom. The number of benzene rings is 1. The molecule has 0 saturated heterocycles. The maximum absolute atomic E-state index is 5.57. The summed E-state index contributed by atoms with van der Waals surface area (Å²) in [4.78, 5) is 4.77. The van der Waals surface area contributed by atoms with Crippen molar-refractivity contribution in [3.8, 4) is 0 Å². The number of anilines is 1. The van der Waals surface area contributed by atoms with E-state index < -0.39 is 0 Å². The monoisotopic (exact) mass is 422 g/mol.